The molecular weight excluding hydrogens is 224 g/mol. The van der Waals surface area contributed by atoms with Crippen LogP contribution in [0.25, 0.3) is 0 Å². The Balaban J connectivity index is 2.07. The van der Waals surface area contributed by atoms with Gasteiger partial charge in [-0.05, 0) is 43.4 Å². The minimum absolute atomic E-state index is 0.0420. The summed E-state index contributed by atoms with van der Waals surface area (Å²) < 4.78 is 0. The van der Waals surface area contributed by atoms with Crippen molar-refractivity contribution in [3.63, 3.8) is 0 Å². The van der Waals surface area contributed by atoms with Crippen LogP contribution in [0.4, 0.5) is 5.69 Å². The summed E-state index contributed by atoms with van der Waals surface area (Å²) in [7, 11) is 0. The molecule has 1 aliphatic rings. The molecule has 0 saturated heterocycles. The van der Waals surface area contributed by atoms with Crippen LogP contribution in [0, 0.1) is 12.8 Å². The van der Waals surface area contributed by atoms with Crippen molar-refractivity contribution in [3.8, 4) is 0 Å². The Morgan fingerprint density at radius 1 is 1.50 bits per heavy atom. The minimum Gasteiger partial charge on any atom is -0.324 e. The first-order valence-corrected chi connectivity index (χ1v) is 6.67. The van der Waals surface area contributed by atoms with E-state index in [4.69, 9.17) is 5.73 Å². The predicted molar refractivity (Wildman–Crippen MR) is 74.4 cm³/mol. The molecule has 1 fully saturated rings. The van der Waals surface area contributed by atoms with Crippen molar-refractivity contribution in [1.82, 2.24) is 0 Å². The molecule has 1 aromatic rings. The summed E-state index contributed by atoms with van der Waals surface area (Å²) in [5.74, 6) is 0.492. The van der Waals surface area contributed by atoms with E-state index < -0.39 is 5.54 Å². The van der Waals surface area contributed by atoms with Gasteiger partial charge in [-0.15, -0.1) is 0 Å². The Labute approximate surface area is 109 Å². The molecule has 1 saturated carbocycles. The first kappa shape index (κ1) is 13.1. The van der Waals surface area contributed by atoms with Crippen molar-refractivity contribution < 1.29 is 4.79 Å². The molecule has 0 heterocycles. The second-order valence-electron chi connectivity index (χ2n) is 5.68. The van der Waals surface area contributed by atoms with Crippen LogP contribution in [0.3, 0.4) is 0 Å². The van der Waals surface area contributed by atoms with Crippen LogP contribution in [-0.4, -0.2) is 11.4 Å². The summed E-state index contributed by atoms with van der Waals surface area (Å²) in [4.78, 5) is 12.3. The number of carbonyl (C=O) groups excluding carboxylic acids is 1. The summed E-state index contributed by atoms with van der Waals surface area (Å²) in [6.07, 6.45) is 3.79. The molecule has 0 bridgehead atoms. The van der Waals surface area contributed by atoms with Gasteiger partial charge in [-0.25, -0.2) is 0 Å². The lowest BCUT2D eigenvalue weighted by molar-refractivity contribution is -0.122. The van der Waals surface area contributed by atoms with E-state index >= 15 is 0 Å². The van der Waals surface area contributed by atoms with Gasteiger partial charge in [0.15, 0.2) is 0 Å². The van der Waals surface area contributed by atoms with Crippen LogP contribution in [0.2, 0.25) is 0 Å². The molecule has 3 heteroatoms. The average molecular weight is 246 g/mol. The van der Waals surface area contributed by atoms with Gasteiger partial charge in [0, 0.05) is 5.69 Å². The molecule has 0 spiro atoms. The maximum atomic E-state index is 12.3. The summed E-state index contributed by atoms with van der Waals surface area (Å²) in [6.45, 7) is 4.18. The third-order valence-corrected chi connectivity index (χ3v) is 3.76. The van der Waals surface area contributed by atoms with Gasteiger partial charge in [0.05, 0.1) is 5.54 Å². The Bertz CT molecular complexity index is 444. The van der Waals surface area contributed by atoms with E-state index in [0.29, 0.717) is 5.92 Å². The highest BCUT2D eigenvalue weighted by Gasteiger charge is 2.37. The number of nitrogens with two attached hydrogens (primary N) is 1. The molecule has 98 valence electrons. The van der Waals surface area contributed by atoms with Crippen molar-refractivity contribution in [3.05, 3.63) is 29.8 Å². The molecule has 3 nitrogen and oxygen atoms in total. The number of hydrogen-bond donors (Lipinski definition) is 2. The topological polar surface area (TPSA) is 55.1 Å². The predicted octanol–water partition coefficient (Wildman–Crippen LogP) is 2.84. The maximum Gasteiger partial charge on any atom is 0.244 e. The molecule has 3 N–H and O–H groups in total. The monoisotopic (exact) mass is 246 g/mol. The van der Waals surface area contributed by atoms with Crippen molar-refractivity contribution in [2.24, 2.45) is 11.7 Å². The molecule has 0 aromatic heterocycles. The highest BCUT2D eigenvalue weighted by atomic mass is 16.2. The molecule has 18 heavy (non-hydrogen) atoms. The van der Waals surface area contributed by atoms with E-state index in [2.05, 4.69) is 12.2 Å². The second-order valence-corrected chi connectivity index (χ2v) is 5.68. The van der Waals surface area contributed by atoms with Crippen LogP contribution in [0.15, 0.2) is 24.3 Å². The fourth-order valence-corrected chi connectivity index (χ4v) is 2.78. The number of hydrogen-bond acceptors (Lipinski definition) is 2. The van der Waals surface area contributed by atoms with E-state index in [0.717, 1.165) is 30.5 Å². The zero-order valence-electron chi connectivity index (χ0n) is 11.2. The molecule has 2 rings (SSSR count). The van der Waals surface area contributed by atoms with Gasteiger partial charge in [-0.3, -0.25) is 4.79 Å². The summed E-state index contributed by atoms with van der Waals surface area (Å²) in [5, 5.41) is 2.95. The average Bonchev–Trinajstić information content (AvgIpc) is 2.28. The zero-order valence-corrected chi connectivity index (χ0v) is 11.2. The van der Waals surface area contributed by atoms with Crippen LogP contribution < -0.4 is 11.1 Å². The number of nitrogens with one attached hydrogen (secondary N) is 1. The summed E-state index contributed by atoms with van der Waals surface area (Å²) in [5.41, 5.74) is 7.55. The van der Waals surface area contributed by atoms with E-state index in [-0.39, 0.29) is 5.91 Å². The maximum absolute atomic E-state index is 12.3. The normalized spacial score (nSPS) is 27.8. The third-order valence-electron chi connectivity index (χ3n) is 3.76. The molecule has 2 atom stereocenters. The highest BCUT2D eigenvalue weighted by Crippen LogP contribution is 2.31. The van der Waals surface area contributed by atoms with E-state index in [1.807, 2.05) is 31.2 Å². The van der Waals surface area contributed by atoms with Gasteiger partial charge in [-0.2, -0.15) is 0 Å². The fourth-order valence-electron chi connectivity index (χ4n) is 2.78. The lowest BCUT2D eigenvalue weighted by Crippen LogP contribution is -2.53. The highest BCUT2D eigenvalue weighted by molar-refractivity contribution is 5.98. The molecule has 0 aliphatic heterocycles. The SMILES string of the molecule is Cc1cccc(NC(=O)C2(N)CCCC(C)C2)c1. The Morgan fingerprint density at radius 3 is 2.94 bits per heavy atom. The number of carbonyl (C=O) groups is 1. The van der Waals surface area contributed by atoms with Crippen LogP contribution >= 0.6 is 0 Å². The molecule has 1 amide bonds. The largest absolute Gasteiger partial charge is 0.324 e. The van der Waals surface area contributed by atoms with Gasteiger partial charge in [-0.1, -0.05) is 31.9 Å². The van der Waals surface area contributed by atoms with Gasteiger partial charge in [0.25, 0.3) is 0 Å². The van der Waals surface area contributed by atoms with Crippen molar-refractivity contribution in [2.45, 2.75) is 45.1 Å². The second kappa shape index (κ2) is 5.11. The summed E-state index contributed by atoms with van der Waals surface area (Å²) >= 11 is 0. The number of benzene rings is 1. The molecular formula is C15H22N2O. The van der Waals surface area contributed by atoms with E-state index in [1.165, 1.54) is 6.42 Å². The zero-order chi connectivity index (χ0) is 13.2. The van der Waals surface area contributed by atoms with Gasteiger partial charge in [0.2, 0.25) is 5.91 Å². The Kier molecular flexibility index (Phi) is 3.71. The third kappa shape index (κ3) is 2.91. The fraction of sp³-hybridized carbons (Fsp3) is 0.533. The minimum atomic E-state index is -0.693. The summed E-state index contributed by atoms with van der Waals surface area (Å²) in [6, 6.07) is 7.82. The Morgan fingerprint density at radius 2 is 2.28 bits per heavy atom. The van der Waals surface area contributed by atoms with Crippen molar-refractivity contribution >= 4 is 11.6 Å². The first-order chi connectivity index (χ1) is 8.49. The van der Waals surface area contributed by atoms with Crippen molar-refractivity contribution in [1.29, 1.82) is 0 Å². The molecule has 2 unspecified atom stereocenters. The van der Waals surface area contributed by atoms with Gasteiger partial charge in [0.1, 0.15) is 0 Å². The lowest BCUT2D eigenvalue weighted by atomic mass is 9.76. The lowest BCUT2D eigenvalue weighted by Gasteiger charge is -2.35. The standard InChI is InChI=1S/C15H22N2O/c1-11-5-3-7-13(9-11)17-14(18)15(16)8-4-6-12(2)10-15/h3,5,7,9,12H,4,6,8,10,16H2,1-2H3,(H,17,18). The smallest absolute Gasteiger partial charge is 0.244 e. The number of rotatable bonds is 2. The quantitative estimate of drug-likeness (QED) is 0.843. The molecule has 1 aliphatic carbocycles. The number of amides is 1. The first-order valence-electron chi connectivity index (χ1n) is 6.67. The van der Waals surface area contributed by atoms with Crippen LogP contribution in [0.5, 0.6) is 0 Å². The van der Waals surface area contributed by atoms with Crippen LogP contribution in [0.1, 0.15) is 38.2 Å². The Hall–Kier alpha value is -1.35. The van der Waals surface area contributed by atoms with Gasteiger partial charge >= 0.3 is 0 Å². The molecule has 1 aromatic carbocycles. The van der Waals surface area contributed by atoms with Gasteiger partial charge < -0.3 is 11.1 Å². The van der Waals surface area contributed by atoms with Crippen molar-refractivity contribution in [2.75, 3.05) is 5.32 Å². The van der Waals surface area contributed by atoms with E-state index in [1.54, 1.807) is 0 Å². The number of aryl methyl sites for hydroxylation is 1. The van der Waals surface area contributed by atoms with Crippen LogP contribution in [-0.2, 0) is 4.79 Å². The molecule has 0 radical (unpaired) electrons. The number of anilines is 1. The van der Waals surface area contributed by atoms with E-state index in [9.17, 15) is 4.79 Å².